The summed E-state index contributed by atoms with van der Waals surface area (Å²) < 4.78 is 50.9. The Morgan fingerprint density at radius 3 is 2.96 bits per heavy atom. The third-order valence-electron chi connectivity index (χ3n) is 3.62. The van der Waals surface area contributed by atoms with Crippen LogP contribution in [0.5, 0.6) is 0 Å². The number of nitrogens with one attached hydrogen (secondary N) is 1. The van der Waals surface area contributed by atoms with Crippen LogP contribution < -0.4 is 5.32 Å². The van der Waals surface area contributed by atoms with Crippen molar-refractivity contribution in [2.24, 2.45) is 0 Å². The van der Waals surface area contributed by atoms with Crippen molar-refractivity contribution in [2.75, 3.05) is 11.9 Å². The average molecular weight is 329 g/mol. The molecular weight excluding hydrogens is 315 g/mol. The second-order valence-corrected chi connectivity index (χ2v) is 5.08. The summed E-state index contributed by atoms with van der Waals surface area (Å²) in [6.07, 6.45) is -2.31. The number of hydrogen-bond acceptors (Lipinski definition) is 5. The summed E-state index contributed by atoms with van der Waals surface area (Å²) in [4.78, 5) is 11.9. The number of rotatable bonds is 3. The fourth-order valence-electron chi connectivity index (χ4n) is 2.60. The molecule has 0 saturated carbocycles. The first-order valence-corrected chi connectivity index (χ1v) is 7.03. The number of hydrogen-bond donors (Lipinski definition) is 1. The summed E-state index contributed by atoms with van der Waals surface area (Å²) in [7, 11) is 0. The number of anilines is 1. The number of furan rings is 1. The fourth-order valence-corrected chi connectivity index (χ4v) is 2.60. The minimum atomic E-state index is -4.50. The average Bonchev–Trinajstić information content (AvgIpc) is 3.14. The normalized spacial score (nSPS) is 20.7. The summed E-state index contributed by atoms with van der Waals surface area (Å²) in [5.74, 6) is -0.373. The van der Waals surface area contributed by atoms with Crippen molar-refractivity contribution in [3.63, 3.8) is 0 Å². The van der Waals surface area contributed by atoms with Gasteiger partial charge in [-0.25, -0.2) is 9.48 Å². The Bertz CT molecular complexity index is 694. The minimum Gasteiger partial charge on any atom is -0.467 e. The van der Waals surface area contributed by atoms with Gasteiger partial charge in [-0.1, -0.05) is 0 Å². The number of alkyl halides is 3. The molecule has 124 valence electrons. The van der Waals surface area contributed by atoms with Crippen molar-refractivity contribution in [3.05, 3.63) is 35.9 Å². The maximum atomic E-state index is 13.4. The van der Waals surface area contributed by atoms with Gasteiger partial charge < -0.3 is 14.5 Å². The van der Waals surface area contributed by atoms with Crippen LogP contribution in [-0.2, 0) is 4.74 Å². The standard InChI is InChI=1S/C14H14F3N3O3/c1-2-22-13(21)8-7-18-20-11(14(15,16)17)6-9(19-12(8)20)10-4-3-5-23-10/h3-5,7,9,11,19H,2,6H2,1H3/t9-,11-/m1/s1. The second kappa shape index (κ2) is 5.64. The van der Waals surface area contributed by atoms with Crippen LogP contribution in [0.2, 0.25) is 0 Å². The first kappa shape index (κ1) is 15.4. The van der Waals surface area contributed by atoms with E-state index < -0.39 is 24.2 Å². The molecule has 0 bridgehead atoms. The highest BCUT2D eigenvalue weighted by atomic mass is 19.4. The SMILES string of the molecule is CCOC(=O)c1cnn2c1N[C@@H](c1ccco1)C[C@@H]2C(F)(F)F. The molecule has 0 aromatic carbocycles. The molecule has 0 fully saturated rings. The van der Waals surface area contributed by atoms with Gasteiger partial charge in [0.1, 0.15) is 17.1 Å². The third-order valence-corrected chi connectivity index (χ3v) is 3.62. The van der Waals surface area contributed by atoms with Crippen LogP contribution >= 0.6 is 0 Å². The number of carbonyl (C=O) groups excluding carboxylic acids is 1. The molecule has 2 aromatic rings. The second-order valence-electron chi connectivity index (χ2n) is 5.08. The zero-order valence-electron chi connectivity index (χ0n) is 12.1. The highest BCUT2D eigenvalue weighted by molar-refractivity contribution is 5.94. The van der Waals surface area contributed by atoms with Gasteiger partial charge in [0.05, 0.1) is 25.1 Å². The lowest BCUT2D eigenvalue weighted by Crippen LogP contribution is -2.36. The fraction of sp³-hybridized carbons (Fsp3) is 0.429. The quantitative estimate of drug-likeness (QED) is 0.875. The van der Waals surface area contributed by atoms with E-state index in [0.29, 0.717) is 5.76 Å². The van der Waals surface area contributed by atoms with Gasteiger partial charge in [0.15, 0.2) is 6.04 Å². The monoisotopic (exact) mass is 329 g/mol. The summed E-state index contributed by atoms with van der Waals surface area (Å²) >= 11 is 0. The highest BCUT2D eigenvalue weighted by Gasteiger charge is 2.47. The third kappa shape index (κ3) is 2.78. The number of aromatic nitrogens is 2. The van der Waals surface area contributed by atoms with Crippen LogP contribution in [-0.4, -0.2) is 28.5 Å². The van der Waals surface area contributed by atoms with E-state index in [1.54, 1.807) is 19.1 Å². The number of halogens is 3. The molecular formula is C14H14F3N3O3. The Hall–Kier alpha value is -2.45. The van der Waals surface area contributed by atoms with E-state index in [0.717, 1.165) is 10.9 Å². The van der Waals surface area contributed by atoms with Crippen LogP contribution in [0.3, 0.4) is 0 Å². The molecule has 0 aliphatic carbocycles. The van der Waals surface area contributed by atoms with Crippen LogP contribution in [0, 0.1) is 0 Å². The summed E-state index contributed by atoms with van der Waals surface area (Å²) in [6, 6.07) is 0.616. The molecule has 0 amide bonds. The van der Waals surface area contributed by atoms with Crippen molar-refractivity contribution in [2.45, 2.75) is 31.6 Å². The van der Waals surface area contributed by atoms with Crippen molar-refractivity contribution >= 4 is 11.8 Å². The molecule has 23 heavy (non-hydrogen) atoms. The van der Waals surface area contributed by atoms with E-state index in [1.807, 2.05) is 0 Å². The molecule has 0 unspecified atom stereocenters. The molecule has 0 saturated heterocycles. The molecule has 3 heterocycles. The van der Waals surface area contributed by atoms with Crippen LogP contribution in [0.1, 0.15) is 41.5 Å². The first-order valence-electron chi connectivity index (χ1n) is 7.03. The highest BCUT2D eigenvalue weighted by Crippen LogP contribution is 2.44. The predicted octanol–water partition coefficient (Wildman–Crippen LogP) is 3.31. The van der Waals surface area contributed by atoms with E-state index in [2.05, 4.69) is 10.4 Å². The number of ether oxygens (including phenoxy) is 1. The van der Waals surface area contributed by atoms with E-state index in [-0.39, 0.29) is 24.4 Å². The van der Waals surface area contributed by atoms with E-state index in [4.69, 9.17) is 9.15 Å². The van der Waals surface area contributed by atoms with E-state index >= 15 is 0 Å². The first-order chi connectivity index (χ1) is 10.9. The van der Waals surface area contributed by atoms with Crippen molar-refractivity contribution < 1.29 is 27.1 Å². The maximum absolute atomic E-state index is 13.4. The molecule has 2 aromatic heterocycles. The number of nitrogens with zero attached hydrogens (tertiary/aromatic N) is 2. The van der Waals surface area contributed by atoms with Crippen molar-refractivity contribution in [1.82, 2.24) is 9.78 Å². The number of fused-ring (bicyclic) bond motifs is 1. The molecule has 3 rings (SSSR count). The van der Waals surface area contributed by atoms with E-state index in [1.165, 1.54) is 6.26 Å². The Labute approximate surface area is 129 Å². The molecule has 9 heteroatoms. The smallest absolute Gasteiger partial charge is 0.410 e. The van der Waals surface area contributed by atoms with E-state index in [9.17, 15) is 18.0 Å². The van der Waals surface area contributed by atoms with Crippen LogP contribution in [0.4, 0.5) is 19.0 Å². The van der Waals surface area contributed by atoms with Gasteiger partial charge in [0.2, 0.25) is 0 Å². The lowest BCUT2D eigenvalue weighted by atomic mass is 10.0. The van der Waals surface area contributed by atoms with Gasteiger partial charge in [-0.05, 0) is 19.1 Å². The summed E-state index contributed by atoms with van der Waals surface area (Å²) in [5.41, 5.74) is -0.0302. The topological polar surface area (TPSA) is 69.3 Å². The zero-order chi connectivity index (χ0) is 16.6. The Balaban J connectivity index is 2.02. The predicted molar refractivity (Wildman–Crippen MR) is 73.0 cm³/mol. The summed E-state index contributed by atoms with van der Waals surface area (Å²) in [5, 5.41) is 6.62. The number of carbonyl (C=O) groups is 1. The maximum Gasteiger partial charge on any atom is 0.410 e. The lowest BCUT2D eigenvalue weighted by molar-refractivity contribution is -0.174. The molecule has 0 spiro atoms. The van der Waals surface area contributed by atoms with Gasteiger partial charge in [0.25, 0.3) is 0 Å². The molecule has 2 atom stereocenters. The molecule has 1 aliphatic rings. The van der Waals surface area contributed by atoms with Gasteiger partial charge in [-0.15, -0.1) is 0 Å². The molecule has 1 aliphatic heterocycles. The van der Waals surface area contributed by atoms with Gasteiger partial charge in [-0.2, -0.15) is 18.3 Å². The largest absolute Gasteiger partial charge is 0.467 e. The lowest BCUT2D eigenvalue weighted by Gasteiger charge is -2.32. The molecule has 1 N–H and O–H groups in total. The Morgan fingerprint density at radius 2 is 2.35 bits per heavy atom. The minimum absolute atomic E-state index is 0.0153. The van der Waals surface area contributed by atoms with Crippen molar-refractivity contribution in [1.29, 1.82) is 0 Å². The molecule has 6 nitrogen and oxygen atoms in total. The summed E-state index contributed by atoms with van der Waals surface area (Å²) in [6.45, 7) is 1.74. The Kier molecular flexibility index (Phi) is 3.78. The van der Waals surface area contributed by atoms with Crippen molar-refractivity contribution in [3.8, 4) is 0 Å². The number of esters is 1. The van der Waals surface area contributed by atoms with Gasteiger partial charge in [-0.3, -0.25) is 0 Å². The van der Waals surface area contributed by atoms with Crippen LogP contribution in [0.25, 0.3) is 0 Å². The van der Waals surface area contributed by atoms with Gasteiger partial charge >= 0.3 is 12.1 Å². The zero-order valence-corrected chi connectivity index (χ0v) is 12.1. The Morgan fingerprint density at radius 1 is 1.57 bits per heavy atom. The van der Waals surface area contributed by atoms with Crippen LogP contribution in [0.15, 0.2) is 29.0 Å². The molecule has 0 radical (unpaired) electrons. The van der Waals surface area contributed by atoms with Gasteiger partial charge in [0, 0.05) is 6.42 Å².